The Kier molecular flexibility index (Phi) is 4.04. The van der Waals surface area contributed by atoms with Crippen molar-refractivity contribution < 1.29 is 14.3 Å². The van der Waals surface area contributed by atoms with Gasteiger partial charge in [0.2, 0.25) is 0 Å². The van der Waals surface area contributed by atoms with E-state index in [1.54, 1.807) is 18.2 Å². The van der Waals surface area contributed by atoms with Crippen molar-refractivity contribution in [3.05, 3.63) is 23.8 Å². The van der Waals surface area contributed by atoms with E-state index >= 15 is 0 Å². The van der Waals surface area contributed by atoms with Crippen LogP contribution in [-0.2, 0) is 0 Å². The molecule has 0 fully saturated rings. The number of fused-ring (bicyclic) bond motifs is 1. The van der Waals surface area contributed by atoms with Crippen molar-refractivity contribution in [2.75, 3.05) is 26.8 Å². The number of likely N-dealkylation sites (N-methyl/N-ethyl adjacent to an activating group) is 1. The standard InChI is InChI=1S/C13H18N2O3/c1-9(14-2)8-15-13(16)10-3-4-11-12(7-10)18-6-5-17-11/h3-4,7,9,14H,5-6,8H2,1-2H3,(H,15,16). The van der Waals surface area contributed by atoms with Crippen LogP contribution in [0.3, 0.4) is 0 Å². The Hall–Kier alpha value is -1.75. The quantitative estimate of drug-likeness (QED) is 0.829. The highest BCUT2D eigenvalue weighted by atomic mass is 16.6. The summed E-state index contributed by atoms with van der Waals surface area (Å²) >= 11 is 0. The number of benzene rings is 1. The van der Waals surface area contributed by atoms with E-state index in [0.717, 1.165) is 0 Å². The molecule has 0 saturated carbocycles. The van der Waals surface area contributed by atoms with E-state index in [2.05, 4.69) is 10.6 Å². The maximum atomic E-state index is 11.9. The van der Waals surface area contributed by atoms with E-state index in [4.69, 9.17) is 9.47 Å². The highest BCUT2D eigenvalue weighted by Crippen LogP contribution is 2.30. The van der Waals surface area contributed by atoms with Crippen LogP contribution in [0.1, 0.15) is 17.3 Å². The van der Waals surface area contributed by atoms with Crippen LogP contribution in [0.2, 0.25) is 0 Å². The van der Waals surface area contributed by atoms with Crippen molar-refractivity contribution in [1.29, 1.82) is 0 Å². The molecule has 0 saturated heterocycles. The van der Waals surface area contributed by atoms with E-state index in [1.807, 2.05) is 14.0 Å². The summed E-state index contributed by atoms with van der Waals surface area (Å²) in [5, 5.41) is 5.92. The monoisotopic (exact) mass is 250 g/mol. The van der Waals surface area contributed by atoms with E-state index in [1.165, 1.54) is 0 Å². The van der Waals surface area contributed by atoms with Gasteiger partial charge in [0, 0.05) is 18.2 Å². The highest BCUT2D eigenvalue weighted by Gasteiger charge is 2.14. The first-order valence-corrected chi connectivity index (χ1v) is 6.06. The van der Waals surface area contributed by atoms with Crippen LogP contribution in [0, 0.1) is 0 Å². The smallest absolute Gasteiger partial charge is 0.251 e. The molecule has 1 aliphatic rings. The van der Waals surface area contributed by atoms with E-state index in [-0.39, 0.29) is 11.9 Å². The molecule has 0 aliphatic carbocycles. The lowest BCUT2D eigenvalue weighted by Gasteiger charge is -2.19. The minimum absolute atomic E-state index is 0.103. The van der Waals surface area contributed by atoms with Crippen LogP contribution in [0.15, 0.2) is 18.2 Å². The molecule has 0 aromatic heterocycles. The Morgan fingerprint density at radius 1 is 1.33 bits per heavy atom. The Labute approximate surface area is 106 Å². The molecule has 18 heavy (non-hydrogen) atoms. The van der Waals surface area contributed by atoms with E-state index < -0.39 is 0 Å². The molecule has 98 valence electrons. The molecular formula is C13H18N2O3. The lowest BCUT2D eigenvalue weighted by atomic mass is 10.1. The first kappa shape index (κ1) is 12.7. The molecule has 1 unspecified atom stereocenters. The summed E-state index contributed by atoms with van der Waals surface area (Å²) < 4.78 is 10.9. The Morgan fingerprint density at radius 2 is 2.06 bits per heavy atom. The number of hydrogen-bond acceptors (Lipinski definition) is 4. The second-order valence-electron chi connectivity index (χ2n) is 4.26. The number of hydrogen-bond donors (Lipinski definition) is 2. The van der Waals surface area contributed by atoms with Crippen LogP contribution in [0.4, 0.5) is 0 Å². The van der Waals surface area contributed by atoms with Crippen LogP contribution < -0.4 is 20.1 Å². The highest BCUT2D eigenvalue weighted by molar-refractivity contribution is 5.94. The second kappa shape index (κ2) is 5.73. The lowest BCUT2D eigenvalue weighted by Crippen LogP contribution is -2.37. The molecule has 1 atom stereocenters. The number of carbonyl (C=O) groups is 1. The molecule has 1 amide bonds. The maximum Gasteiger partial charge on any atom is 0.251 e. The first-order chi connectivity index (χ1) is 8.70. The van der Waals surface area contributed by atoms with Crippen molar-refractivity contribution >= 4 is 5.91 Å². The van der Waals surface area contributed by atoms with E-state index in [0.29, 0.717) is 36.8 Å². The second-order valence-corrected chi connectivity index (χ2v) is 4.26. The molecule has 1 aliphatic heterocycles. The SMILES string of the molecule is CNC(C)CNC(=O)c1ccc2c(c1)OCCO2. The van der Waals surface area contributed by atoms with Gasteiger partial charge in [0.25, 0.3) is 5.91 Å². The Bertz CT molecular complexity index is 434. The summed E-state index contributed by atoms with van der Waals surface area (Å²) in [5.74, 6) is 1.23. The van der Waals surface area contributed by atoms with Crippen LogP contribution in [0.25, 0.3) is 0 Å². The largest absolute Gasteiger partial charge is 0.486 e. The summed E-state index contributed by atoms with van der Waals surface area (Å²) in [6.07, 6.45) is 0. The van der Waals surface area contributed by atoms with Crippen molar-refractivity contribution in [1.82, 2.24) is 10.6 Å². The zero-order valence-electron chi connectivity index (χ0n) is 10.7. The third-order valence-corrected chi connectivity index (χ3v) is 2.87. The molecule has 0 bridgehead atoms. The summed E-state index contributed by atoms with van der Waals surface area (Å²) in [7, 11) is 1.86. The average molecular weight is 250 g/mol. The summed E-state index contributed by atoms with van der Waals surface area (Å²) in [6.45, 7) is 3.67. The van der Waals surface area contributed by atoms with Crippen LogP contribution >= 0.6 is 0 Å². The fourth-order valence-electron chi connectivity index (χ4n) is 1.63. The molecule has 1 aromatic carbocycles. The number of nitrogens with one attached hydrogen (secondary N) is 2. The minimum atomic E-state index is -0.103. The third kappa shape index (κ3) is 2.92. The van der Waals surface area contributed by atoms with E-state index in [9.17, 15) is 4.79 Å². The fraction of sp³-hybridized carbons (Fsp3) is 0.462. The van der Waals surface area contributed by atoms with Crippen molar-refractivity contribution in [3.63, 3.8) is 0 Å². The van der Waals surface area contributed by atoms with Gasteiger partial charge in [-0.1, -0.05) is 0 Å². The lowest BCUT2D eigenvalue weighted by molar-refractivity contribution is 0.0949. The van der Waals surface area contributed by atoms with Gasteiger partial charge >= 0.3 is 0 Å². The first-order valence-electron chi connectivity index (χ1n) is 6.06. The van der Waals surface area contributed by atoms with Crippen molar-refractivity contribution in [3.8, 4) is 11.5 Å². The molecule has 0 spiro atoms. The summed E-state index contributed by atoms with van der Waals surface area (Å²) in [4.78, 5) is 11.9. The predicted octanol–water partition coefficient (Wildman–Crippen LogP) is 0.795. The normalized spacial score (nSPS) is 15.0. The average Bonchev–Trinajstić information content (AvgIpc) is 2.43. The van der Waals surface area contributed by atoms with Gasteiger partial charge in [0.15, 0.2) is 11.5 Å². The predicted molar refractivity (Wildman–Crippen MR) is 68.3 cm³/mol. The third-order valence-electron chi connectivity index (χ3n) is 2.87. The molecule has 2 rings (SSSR count). The topological polar surface area (TPSA) is 59.6 Å². The summed E-state index contributed by atoms with van der Waals surface area (Å²) in [5.41, 5.74) is 0.586. The van der Waals surface area contributed by atoms with Gasteiger partial charge in [-0.3, -0.25) is 4.79 Å². The Balaban J connectivity index is 2.02. The van der Waals surface area contributed by atoms with Crippen molar-refractivity contribution in [2.24, 2.45) is 0 Å². The maximum absolute atomic E-state index is 11.9. The van der Waals surface area contributed by atoms with Crippen LogP contribution in [0.5, 0.6) is 11.5 Å². The fourth-order valence-corrected chi connectivity index (χ4v) is 1.63. The molecule has 2 N–H and O–H groups in total. The van der Waals surface area contributed by atoms with Gasteiger partial charge in [-0.05, 0) is 32.2 Å². The number of carbonyl (C=O) groups excluding carboxylic acids is 1. The number of rotatable bonds is 4. The van der Waals surface area contributed by atoms with Gasteiger partial charge in [-0.15, -0.1) is 0 Å². The molecule has 5 heteroatoms. The number of ether oxygens (including phenoxy) is 2. The molecular weight excluding hydrogens is 232 g/mol. The van der Waals surface area contributed by atoms with Gasteiger partial charge in [-0.2, -0.15) is 0 Å². The summed E-state index contributed by atoms with van der Waals surface area (Å²) in [6, 6.07) is 5.47. The van der Waals surface area contributed by atoms with Gasteiger partial charge in [-0.25, -0.2) is 0 Å². The van der Waals surface area contributed by atoms with Gasteiger partial charge in [0.1, 0.15) is 13.2 Å². The molecule has 1 heterocycles. The zero-order chi connectivity index (χ0) is 13.0. The van der Waals surface area contributed by atoms with Gasteiger partial charge in [0.05, 0.1) is 0 Å². The minimum Gasteiger partial charge on any atom is -0.486 e. The van der Waals surface area contributed by atoms with Crippen LogP contribution in [-0.4, -0.2) is 38.8 Å². The molecule has 1 aromatic rings. The zero-order valence-corrected chi connectivity index (χ0v) is 10.7. The Morgan fingerprint density at radius 3 is 2.78 bits per heavy atom. The molecule has 0 radical (unpaired) electrons. The van der Waals surface area contributed by atoms with Gasteiger partial charge < -0.3 is 20.1 Å². The number of amides is 1. The van der Waals surface area contributed by atoms with Crippen molar-refractivity contribution in [2.45, 2.75) is 13.0 Å². The molecule has 5 nitrogen and oxygen atoms in total.